The number of carbonyl (C=O) groups excluding carboxylic acids is 1. The van der Waals surface area contributed by atoms with E-state index in [2.05, 4.69) is 0 Å². The maximum Gasteiger partial charge on any atom is 0.307 e. The molecular weight excluding hydrogens is 212 g/mol. The summed E-state index contributed by atoms with van der Waals surface area (Å²) in [5.74, 6) is -0.244. The van der Waals surface area contributed by atoms with Gasteiger partial charge in [-0.1, -0.05) is 12.1 Å². The van der Waals surface area contributed by atoms with Crippen molar-refractivity contribution in [2.24, 2.45) is 0 Å². The maximum absolute atomic E-state index is 10.7. The molecule has 80 valence electrons. The monoisotopic (exact) mass is 224 g/mol. The van der Waals surface area contributed by atoms with E-state index < -0.39 is 5.97 Å². The van der Waals surface area contributed by atoms with Crippen LogP contribution in [0.1, 0.15) is 12.5 Å². The zero-order valence-corrected chi connectivity index (χ0v) is 9.21. The van der Waals surface area contributed by atoms with Gasteiger partial charge in [-0.3, -0.25) is 9.59 Å². The molecule has 4 heteroatoms. The number of carboxylic acids is 1. The molecule has 0 unspecified atom stereocenters. The van der Waals surface area contributed by atoms with Gasteiger partial charge in [-0.15, -0.1) is 11.8 Å². The fraction of sp³-hybridized carbons (Fsp3) is 0.273. The smallest absolute Gasteiger partial charge is 0.307 e. The zero-order valence-electron chi connectivity index (χ0n) is 8.40. The molecule has 15 heavy (non-hydrogen) atoms. The van der Waals surface area contributed by atoms with Crippen LogP contribution in [0.2, 0.25) is 0 Å². The number of Topliss-reactive ketones (excluding diaryl/α,β-unsaturated/α-hetero) is 1. The van der Waals surface area contributed by atoms with Crippen molar-refractivity contribution in [2.45, 2.75) is 18.2 Å². The molecule has 1 rings (SSSR count). The highest BCUT2D eigenvalue weighted by molar-refractivity contribution is 8.00. The summed E-state index contributed by atoms with van der Waals surface area (Å²) in [6, 6.07) is 7.23. The average Bonchev–Trinajstić information content (AvgIpc) is 2.16. The van der Waals surface area contributed by atoms with Crippen LogP contribution in [-0.2, 0) is 16.0 Å². The van der Waals surface area contributed by atoms with Crippen LogP contribution in [0.25, 0.3) is 0 Å². The summed E-state index contributed by atoms with van der Waals surface area (Å²) in [5.41, 5.74) is 0.773. The number of hydrogen-bond acceptors (Lipinski definition) is 3. The molecule has 0 fully saturated rings. The highest BCUT2D eigenvalue weighted by Gasteiger charge is 2.01. The number of carboxylic acid groups (broad SMARTS) is 1. The molecule has 1 N–H and O–H groups in total. The summed E-state index contributed by atoms with van der Waals surface area (Å²) in [6.45, 7) is 1.55. The molecule has 0 spiro atoms. The van der Waals surface area contributed by atoms with Crippen LogP contribution in [0, 0.1) is 0 Å². The first-order valence-electron chi connectivity index (χ1n) is 4.51. The van der Waals surface area contributed by atoms with Gasteiger partial charge in [-0.25, -0.2) is 0 Å². The van der Waals surface area contributed by atoms with Gasteiger partial charge in [0.05, 0.1) is 12.2 Å². The number of hydrogen-bond donors (Lipinski definition) is 1. The lowest BCUT2D eigenvalue weighted by molar-refractivity contribution is -0.136. The van der Waals surface area contributed by atoms with E-state index in [0.29, 0.717) is 5.75 Å². The molecule has 0 aliphatic rings. The van der Waals surface area contributed by atoms with Crippen molar-refractivity contribution in [2.75, 3.05) is 5.75 Å². The fourth-order valence-electron chi connectivity index (χ4n) is 1.06. The number of benzene rings is 1. The van der Waals surface area contributed by atoms with Crippen molar-refractivity contribution in [3.63, 3.8) is 0 Å². The Hall–Kier alpha value is -1.29. The molecule has 0 atom stereocenters. The number of ketones is 1. The van der Waals surface area contributed by atoms with E-state index in [-0.39, 0.29) is 12.2 Å². The average molecular weight is 224 g/mol. The topological polar surface area (TPSA) is 54.4 Å². The van der Waals surface area contributed by atoms with Crippen molar-refractivity contribution in [1.82, 2.24) is 0 Å². The van der Waals surface area contributed by atoms with E-state index in [1.54, 1.807) is 19.1 Å². The Morgan fingerprint density at radius 1 is 1.27 bits per heavy atom. The molecule has 0 amide bonds. The second kappa shape index (κ2) is 5.56. The van der Waals surface area contributed by atoms with E-state index in [4.69, 9.17) is 5.11 Å². The second-order valence-corrected chi connectivity index (χ2v) is 4.25. The Morgan fingerprint density at radius 3 is 2.33 bits per heavy atom. The van der Waals surface area contributed by atoms with E-state index in [9.17, 15) is 9.59 Å². The summed E-state index contributed by atoms with van der Waals surface area (Å²) < 4.78 is 0. The number of thioether (sulfide) groups is 1. The van der Waals surface area contributed by atoms with Crippen LogP contribution in [0.5, 0.6) is 0 Å². The predicted octanol–water partition coefficient (Wildman–Crippen LogP) is 1.99. The molecule has 0 heterocycles. The molecule has 0 aliphatic carbocycles. The number of rotatable bonds is 5. The molecule has 0 aromatic heterocycles. The van der Waals surface area contributed by atoms with Gasteiger partial charge in [-0.05, 0) is 24.6 Å². The lowest BCUT2D eigenvalue weighted by Crippen LogP contribution is -1.99. The maximum atomic E-state index is 10.7. The summed E-state index contributed by atoms with van der Waals surface area (Å²) in [7, 11) is 0. The van der Waals surface area contributed by atoms with Crippen molar-refractivity contribution in [3.8, 4) is 0 Å². The Kier molecular flexibility index (Phi) is 4.37. The standard InChI is InChI=1S/C11H12O3S/c1-8(12)7-15-10-4-2-9(3-5-10)6-11(13)14/h2-5H,6-7H2,1H3,(H,13,14). The van der Waals surface area contributed by atoms with Gasteiger partial charge in [0.1, 0.15) is 5.78 Å². The SMILES string of the molecule is CC(=O)CSc1ccc(CC(=O)O)cc1. The van der Waals surface area contributed by atoms with Crippen LogP contribution in [0.4, 0.5) is 0 Å². The highest BCUT2D eigenvalue weighted by atomic mass is 32.2. The van der Waals surface area contributed by atoms with Gasteiger partial charge in [-0.2, -0.15) is 0 Å². The first-order valence-corrected chi connectivity index (χ1v) is 5.49. The van der Waals surface area contributed by atoms with Crippen LogP contribution in [-0.4, -0.2) is 22.6 Å². The molecule has 1 aromatic carbocycles. The molecule has 0 aliphatic heterocycles. The molecule has 0 saturated heterocycles. The summed E-state index contributed by atoms with van der Waals surface area (Å²) in [4.78, 5) is 22.1. The van der Waals surface area contributed by atoms with Crippen LogP contribution in [0.3, 0.4) is 0 Å². The predicted molar refractivity (Wildman–Crippen MR) is 59.2 cm³/mol. The van der Waals surface area contributed by atoms with Crippen molar-refractivity contribution in [3.05, 3.63) is 29.8 Å². The van der Waals surface area contributed by atoms with E-state index in [1.165, 1.54) is 11.8 Å². The minimum absolute atomic E-state index is 0.0393. The van der Waals surface area contributed by atoms with Crippen molar-refractivity contribution >= 4 is 23.5 Å². The van der Waals surface area contributed by atoms with Gasteiger partial charge < -0.3 is 5.11 Å². The largest absolute Gasteiger partial charge is 0.481 e. The second-order valence-electron chi connectivity index (χ2n) is 3.21. The van der Waals surface area contributed by atoms with Gasteiger partial charge >= 0.3 is 5.97 Å². The number of carbonyl (C=O) groups is 2. The van der Waals surface area contributed by atoms with Crippen LogP contribution < -0.4 is 0 Å². The van der Waals surface area contributed by atoms with E-state index in [1.807, 2.05) is 12.1 Å². The molecule has 0 radical (unpaired) electrons. The minimum Gasteiger partial charge on any atom is -0.481 e. The highest BCUT2D eigenvalue weighted by Crippen LogP contribution is 2.18. The van der Waals surface area contributed by atoms with E-state index >= 15 is 0 Å². The molecule has 1 aromatic rings. The summed E-state index contributed by atoms with van der Waals surface area (Å²) in [6.07, 6.45) is 0.0393. The first-order chi connectivity index (χ1) is 7.08. The lowest BCUT2D eigenvalue weighted by atomic mass is 10.2. The third-order valence-electron chi connectivity index (χ3n) is 1.72. The molecule has 0 bridgehead atoms. The molecule has 3 nitrogen and oxygen atoms in total. The first kappa shape index (κ1) is 11.8. The Morgan fingerprint density at radius 2 is 1.87 bits per heavy atom. The lowest BCUT2D eigenvalue weighted by Gasteiger charge is -2.00. The number of aliphatic carboxylic acids is 1. The van der Waals surface area contributed by atoms with Crippen molar-refractivity contribution in [1.29, 1.82) is 0 Å². The Balaban J connectivity index is 2.56. The third-order valence-corrected chi connectivity index (χ3v) is 2.88. The summed E-state index contributed by atoms with van der Waals surface area (Å²) in [5, 5.41) is 8.56. The Bertz CT molecular complexity index is 357. The molecular formula is C11H12O3S. The fourth-order valence-corrected chi connectivity index (χ4v) is 1.76. The normalized spacial score (nSPS) is 9.93. The van der Waals surface area contributed by atoms with Gasteiger partial charge in [0, 0.05) is 4.90 Å². The van der Waals surface area contributed by atoms with Gasteiger partial charge in [0.25, 0.3) is 0 Å². The molecule has 0 saturated carbocycles. The van der Waals surface area contributed by atoms with Crippen molar-refractivity contribution < 1.29 is 14.7 Å². The minimum atomic E-state index is -0.834. The summed E-state index contributed by atoms with van der Waals surface area (Å²) >= 11 is 1.46. The zero-order chi connectivity index (χ0) is 11.3. The van der Waals surface area contributed by atoms with Crippen LogP contribution >= 0.6 is 11.8 Å². The van der Waals surface area contributed by atoms with Gasteiger partial charge in [0.15, 0.2) is 0 Å². The van der Waals surface area contributed by atoms with E-state index in [0.717, 1.165) is 10.5 Å². The quantitative estimate of drug-likeness (QED) is 0.777. The third kappa shape index (κ3) is 4.65. The Labute approximate surface area is 92.5 Å². The van der Waals surface area contributed by atoms with Crippen LogP contribution in [0.15, 0.2) is 29.2 Å². The van der Waals surface area contributed by atoms with Gasteiger partial charge in [0.2, 0.25) is 0 Å².